The van der Waals surface area contributed by atoms with Crippen molar-refractivity contribution in [1.29, 1.82) is 0 Å². The Morgan fingerprint density at radius 3 is 1.37 bits per heavy atom. The summed E-state index contributed by atoms with van der Waals surface area (Å²) in [5.41, 5.74) is 28.0. The zero-order valence-corrected chi connectivity index (χ0v) is 51.0. The number of aromatic nitrogens is 1. The molecule has 4 nitrogen and oxygen atoms in total. The van der Waals surface area contributed by atoms with Gasteiger partial charge in [-0.3, -0.25) is 4.98 Å². The molecule has 1 fully saturated rings. The smallest absolute Gasteiger partial charge is 0.252 e. The predicted octanol–water partition coefficient (Wildman–Crippen LogP) is 19.5. The molecule has 0 radical (unpaired) electrons. The molecule has 2 unspecified atom stereocenters. The molecule has 14 rings (SSSR count). The molecular weight excluding hydrogens is 1020 g/mol. The highest BCUT2D eigenvalue weighted by Gasteiger charge is 2.58. The third-order valence-corrected chi connectivity index (χ3v) is 19.8. The van der Waals surface area contributed by atoms with Gasteiger partial charge >= 0.3 is 0 Å². The van der Waals surface area contributed by atoms with Gasteiger partial charge in [-0.15, -0.1) is 0 Å². The maximum absolute atomic E-state index is 4.43. The van der Waals surface area contributed by atoms with Crippen LogP contribution in [0.5, 0.6) is 0 Å². The quantitative estimate of drug-likeness (QED) is 0.148. The summed E-state index contributed by atoms with van der Waals surface area (Å²) in [6, 6.07) is 79.6. The van der Waals surface area contributed by atoms with E-state index in [2.05, 4.69) is 302 Å². The van der Waals surface area contributed by atoms with Crippen LogP contribution >= 0.6 is 0 Å². The SMILES string of the molecule is CC(C)(C)c1ccc(N2c3cc(-c4ccccc4)ccc3B3c4ccc(C(C)(C)C)cc4N(c4ccc(C(C)(C)C)cc4-c4ccccc4)c4cc(N5c6ccc(-c7ccncc7)cc6C6(C)CCCCC56C)cc2c43)c(-c2ccccc2)c1. The van der Waals surface area contributed by atoms with Crippen LogP contribution in [-0.2, 0) is 21.7 Å². The van der Waals surface area contributed by atoms with E-state index in [0.29, 0.717) is 0 Å². The molecule has 0 spiro atoms. The number of benzene rings is 9. The van der Waals surface area contributed by atoms with E-state index >= 15 is 0 Å². The lowest BCUT2D eigenvalue weighted by Gasteiger charge is -2.51. The highest BCUT2D eigenvalue weighted by Crippen LogP contribution is 2.63. The molecular formula is C79H77BN4. The van der Waals surface area contributed by atoms with Crippen molar-refractivity contribution in [2.45, 2.75) is 129 Å². The average molecular weight is 1090 g/mol. The number of hydrogen-bond donors (Lipinski definition) is 0. The van der Waals surface area contributed by atoms with Gasteiger partial charge in [0.2, 0.25) is 0 Å². The standard InChI is InChI=1S/C79H77BN4/c1-75(2,3)58-32-37-67(62(47-58)54-25-17-13-18-26-54)82-70-46-57(52-23-15-12-16-24-52)29-34-65(70)80-66-35-31-60(77(7,8)9)49-71(66)83(68-38-33-59(76(4,5)6)48-63(68)55-27-19-14-20-28-55)73-51-61(50-72(82)74(73)80)84-69-36-30-56(53-39-43-81-44-40-53)45-64(69)78(10)41-21-22-42-79(78,84)11/h12-20,23-40,43-51H,21-22,41-42H2,1-11H3. The van der Waals surface area contributed by atoms with Crippen LogP contribution in [0.15, 0.2) is 219 Å². The van der Waals surface area contributed by atoms with Crippen molar-refractivity contribution in [3.05, 3.63) is 241 Å². The molecule has 1 aromatic heterocycles. The number of anilines is 8. The highest BCUT2D eigenvalue weighted by molar-refractivity contribution is 7.00. The van der Waals surface area contributed by atoms with Crippen LogP contribution in [0.1, 0.15) is 124 Å². The van der Waals surface area contributed by atoms with Crippen LogP contribution < -0.4 is 31.1 Å². The summed E-state index contributed by atoms with van der Waals surface area (Å²) in [6.07, 6.45) is 8.41. The average Bonchev–Trinajstić information content (AvgIpc) is 1.44. The Morgan fingerprint density at radius 2 is 0.821 bits per heavy atom. The zero-order chi connectivity index (χ0) is 58.1. The number of fused-ring (bicyclic) bond motifs is 7. The summed E-state index contributed by atoms with van der Waals surface area (Å²) in [6.45, 7) is 26.2. The minimum atomic E-state index is -0.243. The third-order valence-electron chi connectivity index (χ3n) is 19.8. The molecule has 1 aliphatic carbocycles. The summed E-state index contributed by atoms with van der Waals surface area (Å²) in [4.78, 5) is 12.6. The molecule has 0 N–H and O–H groups in total. The minimum absolute atomic E-state index is 0.0736. The van der Waals surface area contributed by atoms with Crippen molar-refractivity contribution in [1.82, 2.24) is 4.98 Å². The first-order valence-electron chi connectivity index (χ1n) is 30.7. The zero-order valence-electron chi connectivity index (χ0n) is 51.0. The Morgan fingerprint density at radius 1 is 0.381 bits per heavy atom. The van der Waals surface area contributed by atoms with Crippen LogP contribution in [-0.4, -0.2) is 17.2 Å². The van der Waals surface area contributed by atoms with Gasteiger partial charge in [0.15, 0.2) is 0 Å². The molecule has 4 aliphatic rings. The van der Waals surface area contributed by atoms with E-state index in [-0.39, 0.29) is 33.9 Å². The van der Waals surface area contributed by atoms with E-state index in [1.54, 1.807) is 0 Å². The second kappa shape index (κ2) is 19.6. The lowest BCUT2D eigenvalue weighted by Crippen LogP contribution is -2.61. The molecule has 10 aromatic rings. The Labute approximate surface area is 500 Å². The summed E-state index contributed by atoms with van der Waals surface area (Å²) >= 11 is 0. The van der Waals surface area contributed by atoms with Crippen molar-refractivity contribution in [3.8, 4) is 44.5 Å². The van der Waals surface area contributed by atoms with Crippen molar-refractivity contribution in [2.75, 3.05) is 14.7 Å². The Hall–Kier alpha value is -8.41. The van der Waals surface area contributed by atoms with Gasteiger partial charge in [-0.1, -0.05) is 216 Å². The molecule has 1 saturated carbocycles. The lowest BCUT2D eigenvalue weighted by atomic mass is 9.33. The molecule has 4 heterocycles. The van der Waals surface area contributed by atoms with Crippen LogP contribution in [0.2, 0.25) is 0 Å². The summed E-state index contributed by atoms with van der Waals surface area (Å²) < 4.78 is 0. The molecule has 0 bridgehead atoms. The van der Waals surface area contributed by atoms with Crippen LogP contribution in [0, 0.1) is 0 Å². The molecule has 416 valence electrons. The molecule has 9 aromatic carbocycles. The van der Waals surface area contributed by atoms with Gasteiger partial charge in [0.1, 0.15) is 0 Å². The van der Waals surface area contributed by atoms with Gasteiger partial charge in [0, 0.05) is 63.1 Å². The monoisotopic (exact) mass is 1090 g/mol. The molecule has 0 saturated heterocycles. The van der Waals surface area contributed by atoms with Gasteiger partial charge < -0.3 is 14.7 Å². The number of rotatable bonds is 7. The van der Waals surface area contributed by atoms with E-state index in [9.17, 15) is 0 Å². The summed E-state index contributed by atoms with van der Waals surface area (Å²) in [5.74, 6) is 0. The molecule has 3 aliphatic heterocycles. The first-order valence-corrected chi connectivity index (χ1v) is 30.7. The van der Waals surface area contributed by atoms with Crippen LogP contribution in [0.4, 0.5) is 45.5 Å². The van der Waals surface area contributed by atoms with E-state index in [1.807, 2.05) is 12.4 Å². The number of nitrogens with zero attached hydrogens (tertiary/aromatic N) is 4. The van der Waals surface area contributed by atoms with Gasteiger partial charge in [0.25, 0.3) is 6.71 Å². The largest absolute Gasteiger partial charge is 0.334 e. The number of hydrogen-bond acceptors (Lipinski definition) is 4. The van der Waals surface area contributed by atoms with Crippen LogP contribution in [0.3, 0.4) is 0 Å². The fraction of sp³-hybridized carbons (Fsp3) is 0.253. The van der Waals surface area contributed by atoms with Crippen molar-refractivity contribution in [2.24, 2.45) is 0 Å². The normalized spacial score (nSPS) is 18.0. The van der Waals surface area contributed by atoms with E-state index in [1.165, 1.54) is 136 Å². The fourth-order valence-electron chi connectivity index (χ4n) is 14.9. The Kier molecular flexibility index (Phi) is 12.5. The van der Waals surface area contributed by atoms with Gasteiger partial charge in [-0.25, -0.2) is 0 Å². The van der Waals surface area contributed by atoms with E-state index in [0.717, 1.165) is 18.5 Å². The van der Waals surface area contributed by atoms with Crippen molar-refractivity contribution >= 4 is 68.6 Å². The second-order valence-corrected chi connectivity index (χ2v) is 28.0. The third kappa shape index (κ3) is 8.58. The summed E-state index contributed by atoms with van der Waals surface area (Å²) in [7, 11) is 0. The predicted molar refractivity (Wildman–Crippen MR) is 359 cm³/mol. The highest BCUT2D eigenvalue weighted by atomic mass is 15.3. The van der Waals surface area contributed by atoms with Gasteiger partial charge in [-0.2, -0.15) is 0 Å². The Balaban J connectivity index is 1.15. The minimum Gasteiger partial charge on any atom is -0.334 e. The van der Waals surface area contributed by atoms with Crippen molar-refractivity contribution < 1.29 is 0 Å². The van der Waals surface area contributed by atoms with Crippen LogP contribution in [0.25, 0.3) is 44.5 Å². The van der Waals surface area contributed by atoms with E-state index < -0.39 is 0 Å². The molecule has 0 amide bonds. The molecule has 2 atom stereocenters. The summed E-state index contributed by atoms with van der Waals surface area (Å²) in [5, 5.41) is 0. The van der Waals surface area contributed by atoms with E-state index in [4.69, 9.17) is 0 Å². The second-order valence-electron chi connectivity index (χ2n) is 28.0. The maximum Gasteiger partial charge on any atom is 0.252 e. The fourth-order valence-corrected chi connectivity index (χ4v) is 14.9. The Bertz CT molecular complexity index is 4190. The van der Waals surface area contributed by atoms with Gasteiger partial charge in [-0.05, 0) is 181 Å². The number of pyridine rings is 1. The molecule has 5 heteroatoms. The maximum atomic E-state index is 4.43. The molecule has 84 heavy (non-hydrogen) atoms. The first kappa shape index (κ1) is 53.6. The first-order chi connectivity index (χ1) is 40.3. The van der Waals surface area contributed by atoms with Gasteiger partial charge in [0.05, 0.1) is 16.9 Å². The topological polar surface area (TPSA) is 22.6 Å². The van der Waals surface area contributed by atoms with Crippen molar-refractivity contribution in [3.63, 3.8) is 0 Å². The lowest BCUT2D eigenvalue weighted by molar-refractivity contribution is 0.195.